The number of hydrogen-bond acceptors (Lipinski definition) is 6. The van der Waals surface area contributed by atoms with Gasteiger partial charge < -0.3 is 20.7 Å². The summed E-state index contributed by atoms with van der Waals surface area (Å²) < 4.78 is 19.7. The number of rotatable bonds is 7. The molecular weight excluding hydrogens is 433 g/mol. The minimum Gasteiger partial charge on any atom is -0.454 e. The smallest absolute Gasteiger partial charge is 0.239 e. The van der Waals surface area contributed by atoms with Crippen molar-refractivity contribution in [2.24, 2.45) is 0 Å². The van der Waals surface area contributed by atoms with E-state index in [1.807, 2.05) is 18.2 Å². The van der Waals surface area contributed by atoms with Crippen molar-refractivity contribution >= 4 is 17.4 Å². The van der Waals surface area contributed by atoms with Gasteiger partial charge in [-0.05, 0) is 50.7 Å². The summed E-state index contributed by atoms with van der Waals surface area (Å²) >= 11 is 0. The molecular formula is C26H30FN5O2. The van der Waals surface area contributed by atoms with Gasteiger partial charge in [-0.2, -0.15) is 0 Å². The average Bonchev–Trinajstić information content (AvgIpc) is 2.82. The zero-order valence-electron chi connectivity index (χ0n) is 19.4. The molecule has 2 heterocycles. The Morgan fingerprint density at radius 2 is 2.00 bits per heavy atom. The quantitative estimate of drug-likeness (QED) is 0.509. The number of benzene rings is 2. The molecule has 1 saturated heterocycles. The van der Waals surface area contributed by atoms with Gasteiger partial charge in [0.15, 0.2) is 11.6 Å². The van der Waals surface area contributed by atoms with Crippen molar-refractivity contribution < 1.29 is 13.9 Å². The lowest BCUT2D eigenvalue weighted by Crippen LogP contribution is -2.46. The molecule has 8 heteroatoms. The van der Waals surface area contributed by atoms with E-state index >= 15 is 0 Å². The van der Waals surface area contributed by atoms with E-state index in [1.165, 1.54) is 23.9 Å². The van der Waals surface area contributed by atoms with E-state index in [-0.39, 0.29) is 24.2 Å². The van der Waals surface area contributed by atoms with Crippen molar-refractivity contribution in [2.45, 2.75) is 24.9 Å². The maximum absolute atomic E-state index is 14.1. The van der Waals surface area contributed by atoms with Crippen LogP contribution in [0.25, 0.3) is 0 Å². The predicted octanol–water partition coefficient (Wildman–Crippen LogP) is 4.30. The van der Waals surface area contributed by atoms with Gasteiger partial charge in [0.25, 0.3) is 0 Å². The Balaban J connectivity index is 1.43. The van der Waals surface area contributed by atoms with Gasteiger partial charge in [-0.25, -0.2) is 9.37 Å². The molecule has 1 fully saturated rings. The maximum Gasteiger partial charge on any atom is 0.239 e. The summed E-state index contributed by atoms with van der Waals surface area (Å²) in [5.41, 5.74) is 7.11. The molecule has 178 valence electrons. The number of anilines is 2. The van der Waals surface area contributed by atoms with E-state index in [9.17, 15) is 9.18 Å². The molecule has 1 amide bonds. The topological polar surface area (TPSA) is 83.7 Å². The summed E-state index contributed by atoms with van der Waals surface area (Å²) in [4.78, 5) is 21.6. The van der Waals surface area contributed by atoms with E-state index in [1.54, 1.807) is 18.2 Å². The Hall–Kier alpha value is -3.49. The van der Waals surface area contributed by atoms with Crippen LogP contribution in [0.3, 0.4) is 0 Å². The first-order valence-electron chi connectivity index (χ1n) is 11.3. The highest BCUT2D eigenvalue weighted by Crippen LogP contribution is 2.32. The van der Waals surface area contributed by atoms with Crippen molar-refractivity contribution in [3.63, 3.8) is 0 Å². The molecule has 1 aliphatic rings. The number of halogens is 1. The molecule has 0 radical (unpaired) electrons. The van der Waals surface area contributed by atoms with E-state index in [0.717, 1.165) is 19.4 Å². The number of nitrogen functional groups attached to an aromatic ring is 1. The fourth-order valence-electron chi connectivity index (χ4n) is 4.31. The van der Waals surface area contributed by atoms with Gasteiger partial charge >= 0.3 is 0 Å². The Morgan fingerprint density at radius 1 is 1.21 bits per heavy atom. The van der Waals surface area contributed by atoms with Crippen LogP contribution in [0.4, 0.5) is 15.9 Å². The lowest BCUT2D eigenvalue weighted by atomic mass is 9.91. The Bertz CT molecular complexity index is 1130. The summed E-state index contributed by atoms with van der Waals surface area (Å²) in [5, 5.41) is 2.85. The number of ether oxygens (including phenoxy) is 1. The number of piperidine rings is 1. The molecule has 34 heavy (non-hydrogen) atoms. The van der Waals surface area contributed by atoms with E-state index in [2.05, 4.69) is 46.3 Å². The molecule has 3 aromatic rings. The number of likely N-dealkylation sites (tertiary alicyclic amines) is 1. The molecule has 4 rings (SSSR count). The Morgan fingerprint density at radius 3 is 2.74 bits per heavy atom. The monoisotopic (exact) mass is 463 g/mol. The zero-order chi connectivity index (χ0) is 24.1. The number of amides is 1. The van der Waals surface area contributed by atoms with Crippen LogP contribution in [0.15, 0.2) is 66.9 Å². The maximum atomic E-state index is 14.1. The summed E-state index contributed by atoms with van der Waals surface area (Å²) in [6.45, 7) is 1.07. The molecule has 1 aliphatic heterocycles. The van der Waals surface area contributed by atoms with Gasteiger partial charge in [0.1, 0.15) is 11.6 Å². The molecule has 0 spiro atoms. The molecule has 0 bridgehead atoms. The third-order valence-corrected chi connectivity index (χ3v) is 6.13. The van der Waals surface area contributed by atoms with Crippen LogP contribution < -0.4 is 15.8 Å². The van der Waals surface area contributed by atoms with Gasteiger partial charge in [0.05, 0.1) is 6.54 Å². The van der Waals surface area contributed by atoms with Crippen LogP contribution in [0.1, 0.15) is 24.4 Å². The van der Waals surface area contributed by atoms with Crippen LogP contribution in [-0.2, 0) is 4.79 Å². The van der Waals surface area contributed by atoms with Crippen LogP contribution in [0, 0.1) is 5.82 Å². The van der Waals surface area contributed by atoms with Gasteiger partial charge in [-0.1, -0.05) is 30.3 Å². The number of pyridine rings is 1. The number of nitrogens with two attached hydrogens (primary N) is 1. The van der Waals surface area contributed by atoms with Crippen molar-refractivity contribution in [2.75, 3.05) is 38.2 Å². The van der Waals surface area contributed by atoms with E-state index < -0.39 is 5.82 Å². The largest absolute Gasteiger partial charge is 0.454 e. The van der Waals surface area contributed by atoms with Crippen molar-refractivity contribution in [1.29, 1.82) is 0 Å². The molecule has 7 nitrogen and oxygen atoms in total. The van der Waals surface area contributed by atoms with E-state index in [4.69, 9.17) is 10.5 Å². The number of hydrogen-bond donors (Lipinski definition) is 2. The second-order valence-corrected chi connectivity index (χ2v) is 8.76. The second kappa shape index (κ2) is 10.6. The standard InChI is InChI=1S/C26H30FN5O2/c1-31(2)20-11-13-32(23(15-20)18-6-4-3-5-7-18)17-26(33)30-25-16-21(10-12-29-25)34-24-9-8-19(28)14-22(24)27/h3-10,12,14,16,20,23H,11,13,15,17,28H2,1-2H3,(H,29,30,33). The second-order valence-electron chi connectivity index (χ2n) is 8.76. The normalized spacial score (nSPS) is 18.6. The van der Waals surface area contributed by atoms with Gasteiger partial charge in [0.2, 0.25) is 5.91 Å². The summed E-state index contributed by atoms with van der Waals surface area (Å²) in [5.74, 6) is 0.0379. The molecule has 1 aromatic heterocycles. The minimum absolute atomic E-state index is 0.0483. The average molecular weight is 464 g/mol. The van der Waals surface area contributed by atoms with Crippen LogP contribution in [0.5, 0.6) is 11.5 Å². The Kier molecular flexibility index (Phi) is 7.40. The van der Waals surface area contributed by atoms with Crippen LogP contribution in [-0.4, -0.2) is 53.9 Å². The van der Waals surface area contributed by atoms with E-state index in [0.29, 0.717) is 23.3 Å². The van der Waals surface area contributed by atoms with Crippen LogP contribution in [0.2, 0.25) is 0 Å². The predicted molar refractivity (Wildman–Crippen MR) is 131 cm³/mol. The van der Waals surface area contributed by atoms with Gasteiger partial charge in [-0.15, -0.1) is 0 Å². The first kappa shape index (κ1) is 23.7. The van der Waals surface area contributed by atoms with Crippen molar-refractivity contribution in [3.8, 4) is 11.5 Å². The fourth-order valence-corrected chi connectivity index (χ4v) is 4.31. The lowest BCUT2D eigenvalue weighted by Gasteiger charge is -2.41. The lowest BCUT2D eigenvalue weighted by molar-refractivity contribution is -0.118. The summed E-state index contributed by atoms with van der Waals surface area (Å²) in [6.07, 6.45) is 3.47. The first-order chi connectivity index (χ1) is 16.4. The Labute approximate surface area is 199 Å². The number of carbonyl (C=O) groups is 1. The summed E-state index contributed by atoms with van der Waals surface area (Å²) in [6, 6.07) is 18.3. The fraction of sp³-hybridized carbons (Fsp3) is 0.308. The molecule has 0 saturated carbocycles. The van der Waals surface area contributed by atoms with Crippen molar-refractivity contribution in [3.05, 3.63) is 78.2 Å². The zero-order valence-corrected chi connectivity index (χ0v) is 19.4. The van der Waals surface area contributed by atoms with Crippen LogP contribution >= 0.6 is 0 Å². The molecule has 3 N–H and O–H groups in total. The first-order valence-corrected chi connectivity index (χ1v) is 11.3. The summed E-state index contributed by atoms with van der Waals surface area (Å²) in [7, 11) is 4.21. The molecule has 2 unspecified atom stereocenters. The third kappa shape index (κ3) is 5.89. The number of nitrogens with zero attached hydrogens (tertiary/aromatic N) is 3. The van der Waals surface area contributed by atoms with Crippen molar-refractivity contribution in [1.82, 2.24) is 14.8 Å². The molecule has 2 atom stereocenters. The van der Waals surface area contributed by atoms with Gasteiger partial charge in [0, 0.05) is 42.6 Å². The highest BCUT2D eigenvalue weighted by atomic mass is 19.1. The molecule has 2 aromatic carbocycles. The molecule has 0 aliphatic carbocycles. The SMILES string of the molecule is CN(C)C1CCN(CC(=O)Nc2cc(Oc3ccc(N)cc3F)ccn2)C(c2ccccc2)C1. The van der Waals surface area contributed by atoms with Gasteiger partial charge in [-0.3, -0.25) is 9.69 Å². The number of carbonyl (C=O) groups excluding carboxylic acids is 1. The highest BCUT2D eigenvalue weighted by Gasteiger charge is 2.31. The number of aromatic nitrogens is 1. The highest BCUT2D eigenvalue weighted by molar-refractivity contribution is 5.91. The third-order valence-electron chi connectivity index (χ3n) is 6.13. The number of nitrogens with one attached hydrogen (secondary N) is 1. The minimum atomic E-state index is -0.560.